The molecule has 8 heteroatoms. The molecule has 0 aliphatic heterocycles. The van der Waals surface area contributed by atoms with Crippen LogP contribution in [-0.4, -0.2) is 12.1 Å². The zero-order valence-electron chi connectivity index (χ0n) is 12.6. The Morgan fingerprint density at radius 3 is 2.76 bits per heavy atom. The molecule has 0 aliphatic rings. The van der Waals surface area contributed by atoms with Crippen LogP contribution in [0.5, 0.6) is 5.75 Å². The molecule has 2 aromatic carbocycles. The first-order valence-electron chi connectivity index (χ1n) is 7.04. The van der Waals surface area contributed by atoms with Crippen molar-refractivity contribution in [3.63, 3.8) is 0 Å². The van der Waals surface area contributed by atoms with E-state index in [0.717, 1.165) is 0 Å². The third kappa shape index (κ3) is 2.66. The fourth-order valence-electron chi connectivity index (χ4n) is 2.58. The van der Waals surface area contributed by atoms with E-state index in [1.807, 2.05) is 0 Å². The average Bonchev–Trinajstić information content (AvgIpc) is 2.97. The Balaban J connectivity index is 2.05. The van der Waals surface area contributed by atoms with Crippen LogP contribution in [0.4, 0.5) is 4.39 Å². The number of hydrogen-bond donors (Lipinski definition) is 0. The standard InChI is InChI=1S/C17H8Cl2FNO3S/c1-23-16-9(18)3-2-7-8(4-14(22)24-15(7)16)17-21-12-5-10(19)11(20)6-13(12)25-17/h2-6H,1H3. The van der Waals surface area contributed by atoms with Crippen molar-refractivity contribution in [1.82, 2.24) is 4.98 Å². The molecule has 4 rings (SSSR count). The predicted molar refractivity (Wildman–Crippen MR) is 97.6 cm³/mol. The molecule has 25 heavy (non-hydrogen) atoms. The Kier molecular flexibility index (Phi) is 3.91. The van der Waals surface area contributed by atoms with E-state index in [9.17, 15) is 9.18 Å². The number of fused-ring (bicyclic) bond motifs is 2. The van der Waals surface area contributed by atoms with Crippen molar-refractivity contribution >= 4 is 55.7 Å². The molecule has 0 spiro atoms. The summed E-state index contributed by atoms with van der Waals surface area (Å²) in [7, 11) is 1.44. The number of nitrogens with zero attached hydrogens (tertiary/aromatic N) is 1. The van der Waals surface area contributed by atoms with E-state index >= 15 is 0 Å². The van der Waals surface area contributed by atoms with Gasteiger partial charge in [0.25, 0.3) is 0 Å². The lowest BCUT2D eigenvalue weighted by Crippen LogP contribution is -1.99. The van der Waals surface area contributed by atoms with Gasteiger partial charge in [0, 0.05) is 17.0 Å². The Morgan fingerprint density at radius 1 is 1.20 bits per heavy atom. The minimum absolute atomic E-state index is 0.00441. The molecule has 0 unspecified atom stereocenters. The normalized spacial score (nSPS) is 11.4. The molecule has 2 heterocycles. The molecule has 0 fully saturated rings. The lowest BCUT2D eigenvalue weighted by atomic mass is 10.1. The minimum atomic E-state index is -0.563. The quantitative estimate of drug-likeness (QED) is 0.419. The third-order valence-electron chi connectivity index (χ3n) is 3.68. The fraction of sp³-hybridized carbons (Fsp3) is 0.0588. The lowest BCUT2D eigenvalue weighted by molar-refractivity contribution is 0.407. The average molecular weight is 396 g/mol. The molecule has 0 bridgehead atoms. The molecule has 4 nitrogen and oxygen atoms in total. The summed E-state index contributed by atoms with van der Waals surface area (Å²) >= 11 is 13.2. The molecule has 0 amide bonds. The topological polar surface area (TPSA) is 52.3 Å². The molecule has 0 saturated carbocycles. The van der Waals surface area contributed by atoms with E-state index in [1.54, 1.807) is 12.1 Å². The van der Waals surface area contributed by atoms with Crippen molar-refractivity contribution in [3.8, 4) is 16.3 Å². The van der Waals surface area contributed by atoms with Crippen molar-refractivity contribution in [1.29, 1.82) is 0 Å². The molecule has 0 aliphatic carbocycles. The maximum atomic E-state index is 13.7. The molecular weight excluding hydrogens is 388 g/mol. The van der Waals surface area contributed by atoms with Crippen LogP contribution in [0.3, 0.4) is 0 Å². The molecule has 0 saturated heterocycles. The second-order valence-electron chi connectivity index (χ2n) is 5.19. The van der Waals surface area contributed by atoms with Gasteiger partial charge in [-0.3, -0.25) is 0 Å². The molecule has 4 aromatic rings. The van der Waals surface area contributed by atoms with Crippen LogP contribution in [0, 0.1) is 5.82 Å². The van der Waals surface area contributed by atoms with E-state index in [1.165, 1.54) is 36.6 Å². The van der Waals surface area contributed by atoms with Crippen LogP contribution >= 0.6 is 34.5 Å². The van der Waals surface area contributed by atoms with Gasteiger partial charge in [0.15, 0.2) is 11.3 Å². The number of halogens is 3. The lowest BCUT2D eigenvalue weighted by Gasteiger charge is -2.08. The van der Waals surface area contributed by atoms with Gasteiger partial charge in [-0.05, 0) is 24.3 Å². The number of ether oxygens (including phenoxy) is 1. The van der Waals surface area contributed by atoms with Gasteiger partial charge in [-0.15, -0.1) is 11.3 Å². The summed E-state index contributed by atoms with van der Waals surface area (Å²) in [5, 5.41) is 1.48. The first-order valence-corrected chi connectivity index (χ1v) is 8.61. The van der Waals surface area contributed by atoms with Crippen molar-refractivity contribution in [2.45, 2.75) is 0 Å². The van der Waals surface area contributed by atoms with Crippen LogP contribution in [-0.2, 0) is 0 Å². The van der Waals surface area contributed by atoms with Gasteiger partial charge in [-0.1, -0.05) is 23.2 Å². The number of methoxy groups -OCH3 is 1. The Bertz CT molecular complexity index is 1160. The van der Waals surface area contributed by atoms with Crippen LogP contribution in [0.15, 0.2) is 39.5 Å². The van der Waals surface area contributed by atoms with Gasteiger partial charge in [0.05, 0.1) is 27.4 Å². The largest absolute Gasteiger partial charge is 0.491 e. The number of benzene rings is 2. The van der Waals surface area contributed by atoms with E-state index in [4.69, 9.17) is 32.4 Å². The second kappa shape index (κ2) is 5.98. The van der Waals surface area contributed by atoms with Crippen LogP contribution in [0.2, 0.25) is 10.0 Å². The molecular formula is C17H8Cl2FNO3S. The summed E-state index contributed by atoms with van der Waals surface area (Å²) in [6, 6.07) is 7.49. The Labute approximate surface area is 154 Å². The van der Waals surface area contributed by atoms with Crippen molar-refractivity contribution in [2.24, 2.45) is 0 Å². The molecule has 126 valence electrons. The first kappa shape index (κ1) is 16.3. The number of thiazole rings is 1. The highest BCUT2D eigenvalue weighted by Crippen LogP contribution is 2.39. The Morgan fingerprint density at radius 2 is 2.00 bits per heavy atom. The Hall–Kier alpha value is -2.15. The predicted octanol–water partition coefficient (Wildman–Crippen LogP) is 5.52. The highest BCUT2D eigenvalue weighted by molar-refractivity contribution is 7.21. The summed E-state index contributed by atoms with van der Waals surface area (Å²) in [6.45, 7) is 0. The summed E-state index contributed by atoms with van der Waals surface area (Å²) in [5.74, 6) is -0.247. The van der Waals surface area contributed by atoms with E-state index < -0.39 is 11.4 Å². The van der Waals surface area contributed by atoms with Gasteiger partial charge < -0.3 is 9.15 Å². The van der Waals surface area contributed by atoms with Crippen LogP contribution in [0.1, 0.15) is 0 Å². The van der Waals surface area contributed by atoms with Crippen LogP contribution < -0.4 is 10.4 Å². The zero-order chi connectivity index (χ0) is 17.7. The van der Waals surface area contributed by atoms with E-state index in [2.05, 4.69) is 4.98 Å². The van der Waals surface area contributed by atoms with Gasteiger partial charge in [-0.25, -0.2) is 14.2 Å². The summed E-state index contributed by atoms with van der Waals surface area (Å²) in [5.41, 5.74) is 0.778. The molecule has 0 atom stereocenters. The minimum Gasteiger partial charge on any atom is -0.491 e. The zero-order valence-corrected chi connectivity index (χ0v) is 14.9. The number of aromatic nitrogens is 1. The first-order chi connectivity index (χ1) is 12.0. The van der Waals surface area contributed by atoms with Gasteiger partial charge >= 0.3 is 5.63 Å². The smallest absolute Gasteiger partial charge is 0.337 e. The fourth-order valence-corrected chi connectivity index (χ4v) is 3.97. The van der Waals surface area contributed by atoms with E-state index in [0.29, 0.717) is 31.2 Å². The molecule has 0 N–H and O–H groups in total. The van der Waals surface area contributed by atoms with Crippen LogP contribution in [0.25, 0.3) is 31.8 Å². The highest BCUT2D eigenvalue weighted by atomic mass is 35.5. The van der Waals surface area contributed by atoms with Crippen molar-refractivity contribution in [3.05, 3.63) is 56.6 Å². The summed E-state index contributed by atoms with van der Waals surface area (Å²) < 4.78 is 24.8. The van der Waals surface area contributed by atoms with Crippen molar-refractivity contribution < 1.29 is 13.5 Å². The maximum absolute atomic E-state index is 13.7. The summed E-state index contributed by atoms with van der Waals surface area (Å²) in [4.78, 5) is 16.5. The van der Waals surface area contributed by atoms with Crippen molar-refractivity contribution in [2.75, 3.05) is 7.11 Å². The number of hydrogen-bond acceptors (Lipinski definition) is 5. The summed E-state index contributed by atoms with van der Waals surface area (Å²) in [6.07, 6.45) is 0. The number of rotatable bonds is 2. The van der Waals surface area contributed by atoms with E-state index in [-0.39, 0.29) is 16.4 Å². The SMILES string of the molecule is COc1c(Cl)ccc2c(-c3nc4cc(Cl)c(F)cc4s3)cc(=O)oc12. The second-order valence-corrected chi connectivity index (χ2v) is 7.03. The monoisotopic (exact) mass is 395 g/mol. The van der Waals surface area contributed by atoms with Gasteiger partial charge in [0.1, 0.15) is 10.8 Å². The molecule has 0 radical (unpaired) electrons. The van der Waals surface area contributed by atoms with Gasteiger partial charge in [-0.2, -0.15) is 0 Å². The highest BCUT2D eigenvalue weighted by Gasteiger charge is 2.17. The van der Waals surface area contributed by atoms with Gasteiger partial charge in [0.2, 0.25) is 0 Å². The maximum Gasteiger partial charge on any atom is 0.337 e. The molecule has 2 aromatic heterocycles. The third-order valence-corrected chi connectivity index (χ3v) is 5.32.